The number of benzene rings is 1. The summed E-state index contributed by atoms with van der Waals surface area (Å²) in [5.41, 5.74) is -0.211. The molecule has 4 atom stereocenters. The molecular weight excluding hydrogens is 374 g/mol. The molecule has 2 amide bonds. The summed E-state index contributed by atoms with van der Waals surface area (Å²) in [7, 11) is -4.20. The second-order valence-corrected chi connectivity index (χ2v) is 9.65. The summed E-state index contributed by atoms with van der Waals surface area (Å²) in [6, 6.07) is 6.06. The lowest BCUT2D eigenvalue weighted by atomic mass is 9.72. The van der Waals surface area contributed by atoms with Crippen LogP contribution in [0.3, 0.4) is 0 Å². The molecule has 0 spiro atoms. The van der Waals surface area contributed by atoms with E-state index in [1.165, 1.54) is 12.1 Å². The number of amides is 2. The zero-order valence-corrected chi connectivity index (χ0v) is 15.4. The minimum atomic E-state index is -4.20. The van der Waals surface area contributed by atoms with Gasteiger partial charge in [-0.1, -0.05) is 19.1 Å². The fraction of sp³-hybridized carbons (Fsp3) is 0.500. The molecule has 1 aromatic carbocycles. The van der Waals surface area contributed by atoms with Crippen LogP contribution in [0, 0.1) is 17.3 Å². The molecule has 2 aliphatic carbocycles. The molecule has 2 saturated carbocycles. The van der Waals surface area contributed by atoms with Gasteiger partial charge >= 0.3 is 5.97 Å². The number of carbonyl (C=O) groups excluding carboxylic acids is 2. The quantitative estimate of drug-likeness (QED) is 0.758. The van der Waals surface area contributed by atoms with Crippen molar-refractivity contribution < 1.29 is 32.2 Å². The number of carbonyl (C=O) groups is 3. The van der Waals surface area contributed by atoms with Gasteiger partial charge in [-0.15, -0.1) is 9.35 Å². The summed E-state index contributed by atoms with van der Waals surface area (Å²) in [5.74, 6) is -2.76. The maximum Gasteiger partial charge on any atom is 0.303 e. The SMILES string of the molecule is CC1(CC(=O)O)CC2CC1CC2S(=O)(=O)ON1C(=O)c2ccccc2C1=O. The fourth-order valence-corrected chi connectivity index (χ4v) is 6.55. The highest BCUT2D eigenvalue weighted by Crippen LogP contribution is 2.59. The number of hydrogen-bond acceptors (Lipinski definition) is 6. The van der Waals surface area contributed by atoms with Crippen LogP contribution in [0.15, 0.2) is 24.3 Å². The minimum Gasteiger partial charge on any atom is -0.481 e. The van der Waals surface area contributed by atoms with Crippen molar-refractivity contribution in [2.75, 3.05) is 0 Å². The monoisotopic (exact) mass is 393 g/mol. The van der Waals surface area contributed by atoms with E-state index >= 15 is 0 Å². The average Bonchev–Trinajstić information content (AvgIpc) is 3.21. The van der Waals surface area contributed by atoms with Crippen molar-refractivity contribution >= 4 is 27.9 Å². The van der Waals surface area contributed by atoms with Gasteiger partial charge in [0.15, 0.2) is 0 Å². The Kier molecular flexibility index (Phi) is 3.94. The van der Waals surface area contributed by atoms with Crippen LogP contribution < -0.4 is 0 Å². The number of rotatable bonds is 5. The molecule has 0 radical (unpaired) electrons. The van der Waals surface area contributed by atoms with E-state index in [1.807, 2.05) is 6.92 Å². The van der Waals surface area contributed by atoms with E-state index in [-0.39, 0.29) is 35.8 Å². The van der Waals surface area contributed by atoms with Gasteiger partial charge in [-0.3, -0.25) is 14.4 Å². The Bertz CT molecular complexity index is 921. The molecule has 2 fully saturated rings. The van der Waals surface area contributed by atoms with E-state index in [0.29, 0.717) is 17.9 Å². The van der Waals surface area contributed by atoms with E-state index in [9.17, 15) is 22.8 Å². The third kappa shape index (κ3) is 2.76. The standard InChI is InChI=1S/C18H19NO7S/c1-18(9-15(20)21)8-10-6-11(18)7-14(10)27(24,25)26-19-16(22)12-4-2-3-5-13(12)17(19)23/h2-5,10-11,14H,6-9H2,1H3,(H,20,21). The highest BCUT2D eigenvalue weighted by Gasteiger charge is 2.58. The Labute approximate surface area is 156 Å². The minimum absolute atomic E-state index is 0.000196. The van der Waals surface area contributed by atoms with Crippen molar-refractivity contribution in [3.8, 4) is 0 Å². The fourth-order valence-electron chi connectivity index (χ4n) is 4.95. The number of carboxylic acids is 1. The summed E-state index contributed by atoms with van der Waals surface area (Å²) in [6.07, 6.45) is 1.36. The Hall–Kier alpha value is -2.26. The number of hydroxylamine groups is 2. The number of fused-ring (bicyclic) bond motifs is 3. The first-order valence-electron chi connectivity index (χ1n) is 8.75. The second kappa shape index (κ2) is 5.87. The summed E-state index contributed by atoms with van der Waals surface area (Å²) < 4.78 is 30.5. The van der Waals surface area contributed by atoms with Crippen molar-refractivity contribution in [2.45, 2.75) is 37.9 Å². The van der Waals surface area contributed by atoms with Gasteiger partial charge in [0.05, 0.1) is 22.8 Å². The van der Waals surface area contributed by atoms with Gasteiger partial charge in [-0.25, -0.2) is 0 Å². The van der Waals surface area contributed by atoms with Gasteiger partial charge in [0, 0.05) is 0 Å². The third-order valence-corrected chi connectivity index (χ3v) is 7.88. The topological polar surface area (TPSA) is 118 Å². The lowest BCUT2D eigenvalue weighted by Gasteiger charge is -2.35. The smallest absolute Gasteiger partial charge is 0.303 e. The average molecular weight is 393 g/mol. The van der Waals surface area contributed by atoms with Crippen LogP contribution in [0.2, 0.25) is 0 Å². The predicted molar refractivity (Wildman–Crippen MR) is 91.9 cm³/mol. The molecule has 8 nitrogen and oxygen atoms in total. The predicted octanol–water partition coefficient (Wildman–Crippen LogP) is 1.82. The van der Waals surface area contributed by atoms with Crippen LogP contribution in [0.5, 0.6) is 0 Å². The summed E-state index contributed by atoms with van der Waals surface area (Å²) in [4.78, 5) is 35.8. The number of nitrogens with zero attached hydrogens (tertiary/aromatic N) is 1. The Morgan fingerprint density at radius 1 is 1.22 bits per heavy atom. The van der Waals surface area contributed by atoms with E-state index in [0.717, 1.165) is 0 Å². The lowest BCUT2D eigenvalue weighted by molar-refractivity contribution is -0.140. The largest absolute Gasteiger partial charge is 0.481 e. The Morgan fingerprint density at radius 3 is 2.30 bits per heavy atom. The summed E-state index contributed by atoms with van der Waals surface area (Å²) in [5, 5.41) is 8.58. The molecule has 3 aliphatic rings. The maximum atomic E-state index is 12.8. The van der Waals surface area contributed by atoms with E-state index in [4.69, 9.17) is 9.39 Å². The summed E-state index contributed by atoms with van der Waals surface area (Å²) in [6.45, 7) is 1.87. The Morgan fingerprint density at radius 2 is 1.81 bits per heavy atom. The normalized spacial score (nSPS) is 32.2. The molecule has 1 N–H and O–H groups in total. The van der Waals surface area contributed by atoms with Gasteiger partial charge in [0.25, 0.3) is 21.9 Å². The van der Waals surface area contributed by atoms with Crippen molar-refractivity contribution in [2.24, 2.45) is 17.3 Å². The van der Waals surface area contributed by atoms with Crippen LogP contribution in [-0.4, -0.2) is 41.6 Å². The number of imide groups is 1. The summed E-state index contributed by atoms with van der Waals surface area (Å²) >= 11 is 0. The van der Waals surface area contributed by atoms with Crippen molar-refractivity contribution in [1.82, 2.24) is 5.06 Å². The van der Waals surface area contributed by atoms with Gasteiger partial charge < -0.3 is 5.11 Å². The molecule has 9 heteroatoms. The molecule has 1 aromatic rings. The van der Waals surface area contributed by atoms with Crippen LogP contribution in [-0.2, 0) is 19.2 Å². The molecule has 0 saturated heterocycles. The van der Waals surface area contributed by atoms with E-state index in [2.05, 4.69) is 0 Å². The third-order valence-electron chi connectivity index (χ3n) is 6.21. The van der Waals surface area contributed by atoms with Crippen LogP contribution in [0.4, 0.5) is 0 Å². The first-order chi connectivity index (χ1) is 12.6. The number of carboxylic acid groups (broad SMARTS) is 1. The Balaban J connectivity index is 1.51. The van der Waals surface area contributed by atoms with Gasteiger partial charge in [-0.05, 0) is 48.6 Å². The zero-order chi connectivity index (χ0) is 19.6. The van der Waals surface area contributed by atoms with Crippen LogP contribution >= 0.6 is 0 Å². The van der Waals surface area contributed by atoms with Gasteiger partial charge in [0.2, 0.25) is 0 Å². The molecule has 4 rings (SSSR count). The highest BCUT2D eigenvalue weighted by molar-refractivity contribution is 7.87. The number of hydrogen-bond donors (Lipinski definition) is 1. The molecule has 144 valence electrons. The van der Waals surface area contributed by atoms with Crippen molar-refractivity contribution in [1.29, 1.82) is 0 Å². The first-order valence-corrected chi connectivity index (χ1v) is 10.2. The van der Waals surface area contributed by atoms with Crippen LogP contribution in [0.25, 0.3) is 0 Å². The second-order valence-electron chi connectivity index (χ2n) is 7.91. The molecule has 1 heterocycles. The lowest BCUT2D eigenvalue weighted by Crippen LogP contribution is -2.41. The molecule has 4 unspecified atom stereocenters. The van der Waals surface area contributed by atoms with Crippen LogP contribution in [0.1, 0.15) is 53.3 Å². The highest BCUT2D eigenvalue weighted by atomic mass is 32.2. The maximum absolute atomic E-state index is 12.8. The number of aliphatic carboxylic acids is 1. The molecular formula is C18H19NO7S. The molecule has 2 bridgehead atoms. The van der Waals surface area contributed by atoms with E-state index in [1.54, 1.807) is 12.1 Å². The van der Waals surface area contributed by atoms with Crippen molar-refractivity contribution in [3.63, 3.8) is 0 Å². The van der Waals surface area contributed by atoms with E-state index < -0.39 is 38.6 Å². The van der Waals surface area contributed by atoms with Gasteiger partial charge in [-0.2, -0.15) is 8.42 Å². The first kappa shape index (κ1) is 18.1. The molecule has 1 aliphatic heterocycles. The molecule has 27 heavy (non-hydrogen) atoms. The van der Waals surface area contributed by atoms with Gasteiger partial charge in [0.1, 0.15) is 0 Å². The van der Waals surface area contributed by atoms with Crippen molar-refractivity contribution in [3.05, 3.63) is 35.4 Å². The zero-order valence-electron chi connectivity index (χ0n) is 14.6. The molecule has 0 aromatic heterocycles.